The summed E-state index contributed by atoms with van der Waals surface area (Å²) >= 11 is 0. The van der Waals surface area contributed by atoms with Crippen LogP contribution in [0.25, 0.3) is 22.1 Å². The van der Waals surface area contributed by atoms with Crippen molar-refractivity contribution in [2.45, 2.75) is 32.1 Å². The van der Waals surface area contributed by atoms with E-state index in [1.807, 2.05) is 24.3 Å². The highest BCUT2D eigenvalue weighted by Gasteiger charge is 2.16. The number of nitrogens with one attached hydrogen (secondary N) is 1. The molecule has 1 fully saturated rings. The van der Waals surface area contributed by atoms with E-state index in [4.69, 9.17) is 4.42 Å². The first-order valence-electron chi connectivity index (χ1n) is 7.78. The minimum absolute atomic E-state index is 0.758. The van der Waals surface area contributed by atoms with E-state index in [1.54, 1.807) is 6.33 Å². The zero-order valence-electron chi connectivity index (χ0n) is 12.0. The predicted molar refractivity (Wildman–Crippen MR) is 84.4 cm³/mol. The molecule has 1 aromatic carbocycles. The average molecular weight is 281 g/mol. The third-order valence-corrected chi connectivity index (χ3v) is 4.44. The number of furan rings is 1. The number of aromatic nitrogens is 2. The van der Waals surface area contributed by atoms with Gasteiger partial charge >= 0.3 is 0 Å². The quantitative estimate of drug-likeness (QED) is 0.774. The van der Waals surface area contributed by atoms with Gasteiger partial charge in [-0.2, -0.15) is 0 Å². The molecule has 0 unspecified atom stereocenters. The van der Waals surface area contributed by atoms with Crippen molar-refractivity contribution in [3.63, 3.8) is 0 Å². The smallest absolute Gasteiger partial charge is 0.196 e. The van der Waals surface area contributed by atoms with Crippen molar-refractivity contribution >= 4 is 27.9 Å². The van der Waals surface area contributed by atoms with Gasteiger partial charge in [0.1, 0.15) is 17.4 Å². The maximum Gasteiger partial charge on any atom is 0.196 e. The Bertz CT molecular complexity index is 759. The summed E-state index contributed by atoms with van der Waals surface area (Å²) in [6.07, 6.45) is 8.36. The molecule has 2 aromatic heterocycles. The van der Waals surface area contributed by atoms with E-state index in [2.05, 4.69) is 15.3 Å². The molecule has 1 saturated carbocycles. The van der Waals surface area contributed by atoms with Gasteiger partial charge in [-0.15, -0.1) is 0 Å². The number of hydrogen-bond acceptors (Lipinski definition) is 4. The molecule has 0 aliphatic heterocycles. The maximum atomic E-state index is 5.94. The second kappa shape index (κ2) is 5.35. The van der Waals surface area contributed by atoms with Crippen molar-refractivity contribution in [2.24, 2.45) is 5.92 Å². The van der Waals surface area contributed by atoms with E-state index >= 15 is 0 Å². The van der Waals surface area contributed by atoms with Gasteiger partial charge in [0, 0.05) is 11.9 Å². The molecule has 108 valence electrons. The van der Waals surface area contributed by atoms with Crippen LogP contribution in [0.4, 0.5) is 5.82 Å². The molecule has 1 N–H and O–H groups in total. The standard InChI is InChI=1S/C17H19N3O/c1-2-6-12(7-3-1)10-18-17-16-15(19-11-20-17)13-8-4-5-9-14(13)21-16/h4-5,8-9,11-12H,1-3,6-7,10H2,(H,18,19,20). The van der Waals surface area contributed by atoms with Crippen molar-refractivity contribution in [3.8, 4) is 0 Å². The Morgan fingerprint density at radius 1 is 1.10 bits per heavy atom. The molecule has 0 radical (unpaired) electrons. The molecule has 0 bridgehead atoms. The molecular weight excluding hydrogens is 262 g/mol. The lowest BCUT2D eigenvalue weighted by atomic mass is 9.89. The van der Waals surface area contributed by atoms with Gasteiger partial charge in [-0.05, 0) is 30.9 Å². The Labute approximate surface area is 123 Å². The molecule has 0 saturated heterocycles. The SMILES string of the molecule is c1ccc2c(c1)oc1c(NCC3CCCCC3)ncnc12. The van der Waals surface area contributed by atoms with E-state index in [-0.39, 0.29) is 0 Å². The highest BCUT2D eigenvalue weighted by Crippen LogP contribution is 2.31. The number of para-hydroxylation sites is 1. The summed E-state index contributed by atoms with van der Waals surface area (Å²) in [7, 11) is 0. The Hall–Kier alpha value is -2.10. The Morgan fingerprint density at radius 3 is 2.86 bits per heavy atom. The fourth-order valence-electron chi connectivity index (χ4n) is 3.28. The molecule has 4 nitrogen and oxygen atoms in total. The minimum Gasteiger partial charge on any atom is -0.450 e. The summed E-state index contributed by atoms with van der Waals surface area (Å²) in [5, 5.41) is 4.52. The van der Waals surface area contributed by atoms with E-state index in [0.29, 0.717) is 0 Å². The predicted octanol–water partition coefficient (Wildman–Crippen LogP) is 4.37. The summed E-state index contributed by atoms with van der Waals surface area (Å²) in [4.78, 5) is 8.75. The molecule has 0 spiro atoms. The first-order valence-corrected chi connectivity index (χ1v) is 7.78. The lowest BCUT2D eigenvalue weighted by Crippen LogP contribution is -2.17. The Balaban J connectivity index is 1.65. The maximum absolute atomic E-state index is 5.94. The lowest BCUT2D eigenvalue weighted by Gasteiger charge is -2.21. The van der Waals surface area contributed by atoms with Gasteiger partial charge in [0.25, 0.3) is 0 Å². The highest BCUT2D eigenvalue weighted by atomic mass is 16.3. The summed E-state index contributed by atoms with van der Waals surface area (Å²) < 4.78 is 5.94. The summed E-state index contributed by atoms with van der Waals surface area (Å²) in [5.74, 6) is 1.58. The van der Waals surface area contributed by atoms with Gasteiger partial charge in [0.05, 0.1) is 0 Å². The van der Waals surface area contributed by atoms with Crippen LogP contribution in [-0.4, -0.2) is 16.5 Å². The summed E-state index contributed by atoms with van der Waals surface area (Å²) in [6, 6.07) is 8.00. The van der Waals surface area contributed by atoms with Gasteiger partial charge in [-0.3, -0.25) is 0 Å². The Morgan fingerprint density at radius 2 is 1.95 bits per heavy atom. The molecule has 1 aliphatic carbocycles. The van der Waals surface area contributed by atoms with Gasteiger partial charge in [0.15, 0.2) is 11.4 Å². The third-order valence-electron chi connectivity index (χ3n) is 4.44. The van der Waals surface area contributed by atoms with E-state index < -0.39 is 0 Å². The highest BCUT2D eigenvalue weighted by molar-refractivity contribution is 6.05. The molecule has 2 heterocycles. The molecule has 0 amide bonds. The molecule has 1 aliphatic rings. The first kappa shape index (κ1) is 12.6. The van der Waals surface area contributed by atoms with Crippen molar-refractivity contribution in [3.05, 3.63) is 30.6 Å². The van der Waals surface area contributed by atoms with Crippen molar-refractivity contribution in [1.82, 2.24) is 9.97 Å². The number of hydrogen-bond donors (Lipinski definition) is 1. The van der Waals surface area contributed by atoms with Crippen molar-refractivity contribution in [1.29, 1.82) is 0 Å². The lowest BCUT2D eigenvalue weighted by molar-refractivity contribution is 0.373. The van der Waals surface area contributed by atoms with Crippen LogP contribution < -0.4 is 5.32 Å². The number of anilines is 1. The second-order valence-electron chi connectivity index (χ2n) is 5.88. The number of fused-ring (bicyclic) bond motifs is 3. The van der Waals surface area contributed by atoms with Crippen LogP contribution in [0.1, 0.15) is 32.1 Å². The molecule has 0 atom stereocenters. The first-order chi connectivity index (χ1) is 10.4. The van der Waals surface area contributed by atoms with Gasteiger partial charge in [-0.25, -0.2) is 9.97 Å². The van der Waals surface area contributed by atoms with E-state index in [0.717, 1.165) is 40.3 Å². The second-order valence-corrected chi connectivity index (χ2v) is 5.88. The van der Waals surface area contributed by atoms with Crippen LogP contribution >= 0.6 is 0 Å². The molecule has 4 rings (SSSR count). The van der Waals surface area contributed by atoms with Gasteiger partial charge in [0.2, 0.25) is 0 Å². The van der Waals surface area contributed by atoms with Crippen LogP contribution in [0.3, 0.4) is 0 Å². The summed E-state index contributed by atoms with van der Waals surface area (Å²) in [5.41, 5.74) is 2.54. The Kier molecular flexibility index (Phi) is 3.22. The van der Waals surface area contributed by atoms with Crippen LogP contribution in [0.15, 0.2) is 35.0 Å². The van der Waals surface area contributed by atoms with E-state index in [9.17, 15) is 0 Å². The van der Waals surface area contributed by atoms with Crippen LogP contribution in [-0.2, 0) is 0 Å². The zero-order chi connectivity index (χ0) is 14.1. The molecular formula is C17H19N3O. The van der Waals surface area contributed by atoms with Crippen LogP contribution in [0, 0.1) is 5.92 Å². The molecule has 3 aromatic rings. The normalized spacial score (nSPS) is 16.6. The third kappa shape index (κ3) is 2.35. The largest absolute Gasteiger partial charge is 0.450 e. The topological polar surface area (TPSA) is 51.0 Å². The van der Waals surface area contributed by atoms with E-state index in [1.165, 1.54) is 32.1 Å². The van der Waals surface area contributed by atoms with Crippen molar-refractivity contribution < 1.29 is 4.42 Å². The number of nitrogens with zero attached hydrogens (tertiary/aromatic N) is 2. The minimum atomic E-state index is 0.758. The fraction of sp³-hybridized carbons (Fsp3) is 0.412. The number of benzene rings is 1. The average Bonchev–Trinajstić information content (AvgIpc) is 2.93. The van der Waals surface area contributed by atoms with Crippen LogP contribution in [0.2, 0.25) is 0 Å². The monoisotopic (exact) mass is 281 g/mol. The van der Waals surface area contributed by atoms with Gasteiger partial charge < -0.3 is 9.73 Å². The van der Waals surface area contributed by atoms with Crippen LogP contribution in [0.5, 0.6) is 0 Å². The zero-order valence-corrected chi connectivity index (χ0v) is 12.0. The van der Waals surface area contributed by atoms with Gasteiger partial charge in [-0.1, -0.05) is 31.4 Å². The summed E-state index contributed by atoms with van der Waals surface area (Å²) in [6.45, 7) is 0.975. The molecule has 4 heteroatoms. The molecule has 21 heavy (non-hydrogen) atoms. The fourth-order valence-corrected chi connectivity index (χ4v) is 3.28. The van der Waals surface area contributed by atoms with Crippen molar-refractivity contribution in [2.75, 3.05) is 11.9 Å². The number of rotatable bonds is 3.